The molecule has 0 fully saturated rings. The molecule has 0 saturated heterocycles. The first-order chi connectivity index (χ1) is 13.1. The average molecular weight is 404 g/mol. The third-order valence-corrected chi connectivity index (χ3v) is 6.17. The molecule has 0 bridgehead atoms. The van der Waals surface area contributed by atoms with Crippen molar-refractivity contribution < 1.29 is 14.3 Å². The highest BCUT2D eigenvalue weighted by atomic mass is 35.5. The number of aryl methyl sites for hydroxylation is 3. The molecule has 1 aliphatic carbocycles. The van der Waals surface area contributed by atoms with Gasteiger partial charge in [-0.3, -0.25) is 4.79 Å². The maximum atomic E-state index is 12.4. The number of halogens is 1. The van der Waals surface area contributed by atoms with E-state index < -0.39 is 0 Å². The Hall–Kier alpha value is -2.38. The second kappa shape index (κ2) is 7.32. The Morgan fingerprint density at radius 1 is 1.33 bits per heavy atom. The van der Waals surface area contributed by atoms with E-state index in [2.05, 4.69) is 15.3 Å². The Kier molecular flexibility index (Phi) is 4.88. The molecule has 1 N–H and O–H groups in total. The molecular formula is C19H18ClN3O3S. The molecule has 0 spiro atoms. The second-order valence-corrected chi connectivity index (χ2v) is 7.85. The smallest absolute Gasteiger partial charge is 0.262 e. The third-order valence-electron chi connectivity index (χ3n) is 4.56. The summed E-state index contributed by atoms with van der Waals surface area (Å²) >= 11 is 7.79. The molecule has 1 amide bonds. The molecule has 0 aliphatic heterocycles. The zero-order valence-corrected chi connectivity index (χ0v) is 16.5. The van der Waals surface area contributed by atoms with Crippen LogP contribution in [0.3, 0.4) is 0 Å². The Balaban J connectivity index is 1.51. The quantitative estimate of drug-likeness (QED) is 0.692. The summed E-state index contributed by atoms with van der Waals surface area (Å²) in [6.45, 7) is 1.71. The number of rotatable bonds is 5. The van der Waals surface area contributed by atoms with Gasteiger partial charge in [0.15, 0.2) is 6.61 Å². The molecule has 6 nitrogen and oxygen atoms in total. The van der Waals surface area contributed by atoms with Crippen molar-refractivity contribution >= 4 is 44.7 Å². The lowest BCUT2D eigenvalue weighted by atomic mass is 10.2. The summed E-state index contributed by atoms with van der Waals surface area (Å²) in [6.07, 6.45) is 4.70. The maximum absolute atomic E-state index is 12.4. The monoisotopic (exact) mass is 403 g/mol. The van der Waals surface area contributed by atoms with E-state index in [1.165, 1.54) is 23.9 Å². The highest BCUT2D eigenvalue weighted by Crippen LogP contribution is 2.39. The highest BCUT2D eigenvalue weighted by Gasteiger charge is 2.22. The fourth-order valence-electron chi connectivity index (χ4n) is 3.26. The topological polar surface area (TPSA) is 73.3 Å². The lowest BCUT2D eigenvalue weighted by molar-refractivity contribution is -0.118. The van der Waals surface area contributed by atoms with Crippen LogP contribution in [-0.4, -0.2) is 29.6 Å². The van der Waals surface area contributed by atoms with Gasteiger partial charge in [-0.1, -0.05) is 11.6 Å². The lowest BCUT2D eigenvalue weighted by Gasteiger charge is -2.13. The average Bonchev–Trinajstić information content (AvgIpc) is 3.23. The maximum Gasteiger partial charge on any atom is 0.262 e. The molecule has 140 valence electrons. The van der Waals surface area contributed by atoms with Gasteiger partial charge in [0.05, 0.1) is 18.2 Å². The van der Waals surface area contributed by atoms with Gasteiger partial charge in [-0.25, -0.2) is 9.97 Å². The molecular weight excluding hydrogens is 386 g/mol. The Morgan fingerprint density at radius 2 is 2.19 bits per heavy atom. The number of aromatic nitrogens is 2. The van der Waals surface area contributed by atoms with Crippen LogP contribution in [0.2, 0.25) is 5.02 Å². The number of benzene rings is 1. The van der Waals surface area contributed by atoms with Gasteiger partial charge in [0.2, 0.25) is 5.88 Å². The highest BCUT2D eigenvalue weighted by molar-refractivity contribution is 7.18. The zero-order valence-electron chi connectivity index (χ0n) is 15.0. The van der Waals surface area contributed by atoms with Crippen molar-refractivity contribution in [1.82, 2.24) is 9.97 Å². The van der Waals surface area contributed by atoms with Crippen molar-refractivity contribution in [2.24, 2.45) is 0 Å². The number of ether oxygens (including phenoxy) is 2. The minimum absolute atomic E-state index is 0.151. The summed E-state index contributed by atoms with van der Waals surface area (Å²) in [5.74, 6) is 0.668. The molecule has 3 aromatic rings. The standard InChI is InChI=1S/C19H18ClN3O3S/c1-10-6-13(14(25-2)7-12(10)20)23-16(24)8-26-18-17-11-4-3-5-15(11)27-19(17)22-9-21-18/h6-7,9H,3-5,8H2,1-2H3,(H,23,24). The summed E-state index contributed by atoms with van der Waals surface area (Å²) in [5.41, 5.74) is 2.67. The number of carbonyl (C=O) groups is 1. The van der Waals surface area contributed by atoms with Crippen molar-refractivity contribution in [3.8, 4) is 11.6 Å². The van der Waals surface area contributed by atoms with Crippen LogP contribution >= 0.6 is 22.9 Å². The van der Waals surface area contributed by atoms with Crippen molar-refractivity contribution in [2.45, 2.75) is 26.2 Å². The Labute approximate surface area is 165 Å². The summed E-state index contributed by atoms with van der Waals surface area (Å²) in [5, 5.41) is 4.33. The van der Waals surface area contributed by atoms with Crippen LogP contribution in [0.5, 0.6) is 11.6 Å². The van der Waals surface area contributed by atoms with E-state index in [0.717, 1.165) is 35.0 Å². The van der Waals surface area contributed by atoms with E-state index in [1.807, 2.05) is 6.92 Å². The van der Waals surface area contributed by atoms with Crippen molar-refractivity contribution in [2.75, 3.05) is 19.0 Å². The third kappa shape index (κ3) is 3.44. The number of nitrogens with one attached hydrogen (secondary N) is 1. The number of hydrogen-bond donors (Lipinski definition) is 1. The Bertz CT molecular complexity index is 1030. The largest absolute Gasteiger partial charge is 0.495 e. The SMILES string of the molecule is COc1cc(Cl)c(C)cc1NC(=O)COc1ncnc2sc3c(c12)CCC3. The molecule has 0 saturated carbocycles. The number of thiophene rings is 1. The van der Waals surface area contributed by atoms with Crippen LogP contribution in [0.25, 0.3) is 10.2 Å². The van der Waals surface area contributed by atoms with Crippen molar-refractivity contribution in [3.05, 3.63) is 39.5 Å². The van der Waals surface area contributed by atoms with Crippen LogP contribution in [0.15, 0.2) is 18.5 Å². The molecule has 0 unspecified atom stereocenters. The zero-order chi connectivity index (χ0) is 19.0. The van der Waals surface area contributed by atoms with Crippen molar-refractivity contribution in [3.63, 3.8) is 0 Å². The number of anilines is 1. The number of fused-ring (bicyclic) bond motifs is 3. The molecule has 2 aromatic heterocycles. The van der Waals surface area contributed by atoms with Crippen LogP contribution in [-0.2, 0) is 17.6 Å². The summed E-state index contributed by atoms with van der Waals surface area (Å²) < 4.78 is 11.0. The van der Waals surface area contributed by atoms with Gasteiger partial charge < -0.3 is 14.8 Å². The molecule has 4 rings (SSSR count). The van der Waals surface area contributed by atoms with Crippen LogP contribution in [0.4, 0.5) is 5.69 Å². The molecule has 0 atom stereocenters. The van der Waals surface area contributed by atoms with Crippen LogP contribution in [0, 0.1) is 6.92 Å². The van der Waals surface area contributed by atoms with Gasteiger partial charge >= 0.3 is 0 Å². The van der Waals surface area contributed by atoms with E-state index >= 15 is 0 Å². The molecule has 2 heterocycles. The van der Waals surface area contributed by atoms with E-state index in [1.54, 1.807) is 23.5 Å². The van der Waals surface area contributed by atoms with Gasteiger partial charge in [-0.05, 0) is 43.4 Å². The van der Waals surface area contributed by atoms with Gasteiger partial charge in [0.1, 0.15) is 16.9 Å². The predicted molar refractivity (Wildman–Crippen MR) is 106 cm³/mol. The molecule has 1 aliphatic rings. The fourth-order valence-corrected chi connectivity index (χ4v) is 4.63. The van der Waals surface area contributed by atoms with E-state index in [9.17, 15) is 4.79 Å². The normalized spacial score (nSPS) is 12.9. The predicted octanol–water partition coefficient (Wildman–Crippen LogP) is 4.17. The number of amides is 1. The van der Waals surface area contributed by atoms with Gasteiger partial charge in [-0.15, -0.1) is 11.3 Å². The molecule has 8 heteroatoms. The minimum atomic E-state index is -0.298. The minimum Gasteiger partial charge on any atom is -0.495 e. The number of nitrogens with zero attached hydrogens (tertiary/aromatic N) is 2. The van der Waals surface area contributed by atoms with Gasteiger partial charge in [0.25, 0.3) is 5.91 Å². The molecule has 1 aromatic carbocycles. The number of carbonyl (C=O) groups excluding carboxylic acids is 1. The van der Waals surface area contributed by atoms with Crippen LogP contribution in [0.1, 0.15) is 22.4 Å². The van der Waals surface area contributed by atoms with Gasteiger partial charge in [0, 0.05) is 16.0 Å². The van der Waals surface area contributed by atoms with E-state index in [4.69, 9.17) is 21.1 Å². The first-order valence-electron chi connectivity index (χ1n) is 8.59. The van der Waals surface area contributed by atoms with Crippen LogP contribution < -0.4 is 14.8 Å². The van der Waals surface area contributed by atoms with Gasteiger partial charge in [-0.2, -0.15) is 0 Å². The van der Waals surface area contributed by atoms with E-state index in [-0.39, 0.29) is 12.5 Å². The van der Waals surface area contributed by atoms with E-state index in [0.29, 0.717) is 22.3 Å². The number of methoxy groups -OCH3 is 1. The molecule has 0 radical (unpaired) electrons. The van der Waals surface area contributed by atoms with Crippen molar-refractivity contribution in [1.29, 1.82) is 0 Å². The summed E-state index contributed by atoms with van der Waals surface area (Å²) in [6, 6.07) is 3.45. The first-order valence-corrected chi connectivity index (χ1v) is 9.78. The number of hydrogen-bond acceptors (Lipinski definition) is 6. The fraction of sp³-hybridized carbons (Fsp3) is 0.316. The first kappa shape index (κ1) is 18.0. The summed E-state index contributed by atoms with van der Waals surface area (Å²) in [7, 11) is 1.53. The second-order valence-electron chi connectivity index (χ2n) is 6.35. The lowest BCUT2D eigenvalue weighted by Crippen LogP contribution is -2.21. The summed E-state index contributed by atoms with van der Waals surface area (Å²) in [4.78, 5) is 23.2. The molecule has 27 heavy (non-hydrogen) atoms. The Morgan fingerprint density at radius 3 is 3.00 bits per heavy atom.